The molecule has 1 heterocycles. The van der Waals surface area contributed by atoms with E-state index in [1.165, 1.54) is 0 Å². The highest BCUT2D eigenvalue weighted by Crippen LogP contribution is 2.38. The van der Waals surface area contributed by atoms with E-state index < -0.39 is 0 Å². The van der Waals surface area contributed by atoms with E-state index in [-0.39, 0.29) is 5.78 Å². The number of ether oxygens (including phenoxy) is 2. The summed E-state index contributed by atoms with van der Waals surface area (Å²) in [5.74, 6) is 0.817. The van der Waals surface area contributed by atoms with Gasteiger partial charge in [-0.1, -0.05) is 23.7 Å². The van der Waals surface area contributed by atoms with E-state index in [1.807, 2.05) is 37.3 Å². The van der Waals surface area contributed by atoms with E-state index >= 15 is 0 Å². The molecule has 0 radical (unpaired) electrons. The van der Waals surface area contributed by atoms with Gasteiger partial charge in [0.15, 0.2) is 5.78 Å². The number of halogens is 1. The second-order valence-corrected chi connectivity index (χ2v) is 7.37. The third kappa shape index (κ3) is 3.47. The summed E-state index contributed by atoms with van der Waals surface area (Å²) in [4.78, 5) is 15.2. The summed E-state index contributed by atoms with van der Waals surface area (Å²) in [6, 6.07) is 9.81. The molecule has 2 aromatic rings. The number of hydrogen-bond acceptors (Lipinski definition) is 4. The molecule has 2 aliphatic rings. The van der Waals surface area contributed by atoms with Crippen molar-refractivity contribution in [1.82, 2.24) is 0 Å². The van der Waals surface area contributed by atoms with Gasteiger partial charge in [0.1, 0.15) is 5.75 Å². The smallest absolute Gasteiger partial charge is 0.189 e. The first-order chi connectivity index (χ1) is 13.1. The summed E-state index contributed by atoms with van der Waals surface area (Å²) < 4.78 is 11.0. The molecule has 0 N–H and O–H groups in total. The van der Waals surface area contributed by atoms with Crippen LogP contribution in [0.1, 0.15) is 27.0 Å². The van der Waals surface area contributed by atoms with Gasteiger partial charge in [0.2, 0.25) is 0 Å². The zero-order valence-electron chi connectivity index (χ0n) is 15.5. The maximum Gasteiger partial charge on any atom is 0.189 e. The fourth-order valence-corrected chi connectivity index (χ4v) is 3.84. The molecule has 1 fully saturated rings. The number of carbonyl (C=O) groups excluding carboxylic acids is 1. The van der Waals surface area contributed by atoms with Crippen molar-refractivity contribution in [3.63, 3.8) is 0 Å². The van der Waals surface area contributed by atoms with Crippen molar-refractivity contribution in [3.05, 3.63) is 63.2 Å². The molecular formula is C22H22ClNO3. The molecule has 0 saturated carbocycles. The molecule has 27 heavy (non-hydrogen) atoms. The second kappa shape index (κ2) is 7.37. The molecule has 1 saturated heterocycles. The molecule has 0 aromatic heterocycles. The number of hydrogen-bond donors (Lipinski definition) is 0. The number of carbonyl (C=O) groups is 1. The molecule has 0 atom stereocenters. The average molecular weight is 384 g/mol. The van der Waals surface area contributed by atoms with Crippen molar-refractivity contribution in [2.24, 2.45) is 0 Å². The maximum atomic E-state index is 12.9. The van der Waals surface area contributed by atoms with Gasteiger partial charge < -0.3 is 14.4 Å². The number of benzene rings is 2. The molecule has 0 spiro atoms. The van der Waals surface area contributed by atoms with Crippen molar-refractivity contribution in [3.8, 4) is 5.75 Å². The van der Waals surface area contributed by atoms with Crippen LogP contribution in [0.2, 0.25) is 5.02 Å². The van der Waals surface area contributed by atoms with Gasteiger partial charge in [0.25, 0.3) is 0 Å². The second-order valence-electron chi connectivity index (χ2n) is 6.96. The van der Waals surface area contributed by atoms with Crippen LogP contribution in [0, 0.1) is 6.92 Å². The number of allylic oxidation sites excluding steroid dienone is 1. The molecule has 1 aliphatic heterocycles. The van der Waals surface area contributed by atoms with Gasteiger partial charge in [-0.3, -0.25) is 4.79 Å². The van der Waals surface area contributed by atoms with Crippen LogP contribution in [0.4, 0.5) is 5.69 Å². The van der Waals surface area contributed by atoms with Gasteiger partial charge in [-0.15, -0.1) is 0 Å². The standard InChI is InChI=1S/C22H22ClNO3/c1-14-9-15(3-4-19(14)23)10-17-11-16-12-20(24-5-7-27-8-6-24)21(26-2)13-18(16)22(17)25/h3-4,9-10,12-13H,5-8,11H2,1-2H3/b17-10+. The molecule has 1 aliphatic carbocycles. The maximum absolute atomic E-state index is 12.9. The molecule has 5 heteroatoms. The van der Waals surface area contributed by atoms with Crippen LogP contribution in [0.3, 0.4) is 0 Å². The Kier molecular flexibility index (Phi) is 4.94. The van der Waals surface area contributed by atoms with Gasteiger partial charge in [-0.05, 0) is 47.9 Å². The van der Waals surface area contributed by atoms with Crippen LogP contribution in [-0.2, 0) is 11.2 Å². The van der Waals surface area contributed by atoms with Crippen LogP contribution in [0.15, 0.2) is 35.9 Å². The van der Waals surface area contributed by atoms with Crippen molar-refractivity contribution >= 4 is 29.1 Å². The highest BCUT2D eigenvalue weighted by molar-refractivity contribution is 6.31. The number of aryl methyl sites for hydroxylation is 1. The van der Waals surface area contributed by atoms with Crippen LogP contribution < -0.4 is 9.64 Å². The average Bonchev–Trinajstić information content (AvgIpc) is 2.99. The predicted molar refractivity (Wildman–Crippen MR) is 108 cm³/mol. The summed E-state index contributed by atoms with van der Waals surface area (Å²) >= 11 is 6.11. The van der Waals surface area contributed by atoms with Crippen LogP contribution in [0.5, 0.6) is 5.75 Å². The van der Waals surface area contributed by atoms with Crippen molar-refractivity contribution in [2.75, 3.05) is 38.3 Å². The fraction of sp³-hybridized carbons (Fsp3) is 0.318. The van der Waals surface area contributed by atoms with E-state index in [4.69, 9.17) is 21.1 Å². The zero-order valence-corrected chi connectivity index (χ0v) is 16.3. The van der Waals surface area contributed by atoms with Crippen LogP contribution in [-0.4, -0.2) is 39.2 Å². The molecular weight excluding hydrogens is 362 g/mol. The first kappa shape index (κ1) is 18.1. The molecule has 0 bridgehead atoms. The van der Waals surface area contributed by atoms with Crippen LogP contribution >= 0.6 is 11.6 Å². The number of fused-ring (bicyclic) bond motifs is 1. The number of morpholine rings is 1. The number of rotatable bonds is 3. The monoisotopic (exact) mass is 383 g/mol. The minimum Gasteiger partial charge on any atom is -0.495 e. The first-order valence-corrected chi connectivity index (χ1v) is 9.49. The van der Waals surface area contributed by atoms with E-state index in [2.05, 4.69) is 11.0 Å². The van der Waals surface area contributed by atoms with Crippen molar-refractivity contribution in [1.29, 1.82) is 0 Å². The number of Topliss-reactive ketones (excluding diaryl/α,β-unsaturated/α-hetero) is 1. The van der Waals surface area contributed by atoms with Crippen molar-refractivity contribution < 1.29 is 14.3 Å². The van der Waals surface area contributed by atoms with E-state index in [0.29, 0.717) is 19.6 Å². The topological polar surface area (TPSA) is 38.8 Å². The van der Waals surface area contributed by atoms with Gasteiger partial charge in [0.05, 0.1) is 26.0 Å². The summed E-state index contributed by atoms with van der Waals surface area (Å²) in [7, 11) is 1.65. The van der Waals surface area contributed by atoms with Gasteiger partial charge in [0, 0.05) is 35.7 Å². The largest absolute Gasteiger partial charge is 0.495 e. The molecule has 0 unspecified atom stereocenters. The minimum absolute atomic E-state index is 0.0735. The summed E-state index contributed by atoms with van der Waals surface area (Å²) in [5.41, 5.74) is 5.63. The SMILES string of the molecule is COc1cc2c(cc1N1CCOCC1)C/C(=C\c1ccc(Cl)c(C)c1)C2=O. The van der Waals surface area contributed by atoms with Gasteiger partial charge in [-0.2, -0.15) is 0 Å². The quantitative estimate of drug-likeness (QED) is 0.740. The normalized spacial score (nSPS) is 18.1. The van der Waals surface area contributed by atoms with Crippen LogP contribution in [0.25, 0.3) is 6.08 Å². The third-order valence-corrected chi connectivity index (χ3v) is 5.62. The molecule has 4 rings (SSSR count). The lowest BCUT2D eigenvalue weighted by Gasteiger charge is -2.30. The number of ketones is 1. The predicted octanol–water partition coefficient (Wildman–Crippen LogP) is 4.32. The number of anilines is 1. The Hall–Kier alpha value is -2.30. The first-order valence-electron chi connectivity index (χ1n) is 9.12. The Bertz CT molecular complexity index is 929. The molecule has 140 valence electrons. The lowest BCUT2D eigenvalue weighted by atomic mass is 10.1. The Morgan fingerprint density at radius 2 is 1.96 bits per heavy atom. The van der Waals surface area contributed by atoms with E-state index in [0.717, 1.165) is 57.4 Å². The lowest BCUT2D eigenvalue weighted by molar-refractivity contribution is 0.104. The van der Waals surface area contributed by atoms with Crippen molar-refractivity contribution in [2.45, 2.75) is 13.3 Å². The Balaban J connectivity index is 1.68. The zero-order chi connectivity index (χ0) is 19.0. The lowest BCUT2D eigenvalue weighted by Crippen LogP contribution is -2.36. The highest BCUT2D eigenvalue weighted by Gasteiger charge is 2.28. The summed E-state index contributed by atoms with van der Waals surface area (Å²) in [6.45, 7) is 5.04. The summed E-state index contributed by atoms with van der Waals surface area (Å²) in [5, 5.41) is 0.734. The van der Waals surface area contributed by atoms with Gasteiger partial charge in [-0.25, -0.2) is 0 Å². The van der Waals surface area contributed by atoms with E-state index in [1.54, 1.807) is 7.11 Å². The Morgan fingerprint density at radius 1 is 1.19 bits per heavy atom. The van der Waals surface area contributed by atoms with E-state index in [9.17, 15) is 4.79 Å². The summed E-state index contributed by atoms with van der Waals surface area (Å²) in [6.07, 6.45) is 2.60. The third-order valence-electron chi connectivity index (χ3n) is 5.20. The molecule has 4 nitrogen and oxygen atoms in total. The molecule has 0 amide bonds. The fourth-order valence-electron chi connectivity index (χ4n) is 3.72. The Morgan fingerprint density at radius 3 is 2.67 bits per heavy atom. The number of methoxy groups -OCH3 is 1. The van der Waals surface area contributed by atoms with Gasteiger partial charge >= 0.3 is 0 Å². The minimum atomic E-state index is 0.0735. The number of nitrogens with zero attached hydrogens (tertiary/aromatic N) is 1. The molecule has 2 aromatic carbocycles. The highest BCUT2D eigenvalue weighted by atomic mass is 35.5. The Labute approximate surface area is 164 Å².